The molecule has 6 heteroatoms. The largest absolute Gasteiger partial charge is 0.503 e. The second-order valence-electron chi connectivity index (χ2n) is 7.72. The fourth-order valence-corrected chi connectivity index (χ4v) is 3.32. The Hall–Kier alpha value is -4.06. The zero-order valence-electron chi connectivity index (χ0n) is 19.9. The molecular weight excluding hydrogens is 430 g/mol. The van der Waals surface area contributed by atoms with Crippen molar-refractivity contribution in [1.29, 1.82) is 0 Å². The number of rotatable bonds is 10. The minimum atomic E-state index is -0.473. The van der Waals surface area contributed by atoms with Gasteiger partial charge in [-0.05, 0) is 59.9 Å². The molecule has 0 aliphatic carbocycles. The zero-order chi connectivity index (χ0) is 24.3. The zero-order valence-corrected chi connectivity index (χ0v) is 19.9. The summed E-state index contributed by atoms with van der Waals surface area (Å²) in [5.74, 6) is 0.265. The van der Waals surface area contributed by atoms with Crippen LogP contribution in [0.15, 0.2) is 78.1 Å². The molecule has 3 rings (SSSR count). The van der Waals surface area contributed by atoms with Crippen LogP contribution in [0, 0.1) is 13.8 Å². The number of carbonyl (C=O) groups excluding carboxylic acids is 1. The number of hydrogen-bond donors (Lipinski definition) is 0. The summed E-state index contributed by atoms with van der Waals surface area (Å²) in [6.07, 6.45) is 3.06. The second-order valence-corrected chi connectivity index (χ2v) is 7.72. The van der Waals surface area contributed by atoms with Crippen LogP contribution in [-0.2, 0) is 32.3 Å². The Balaban J connectivity index is 1.64. The van der Waals surface area contributed by atoms with Gasteiger partial charge < -0.3 is 19.0 Å². The van der Waals surface area contributed by atoms with E-state index in [-0.39, 0.29) is 6.61 Å². The SMILES string of the molecule is COC=C(C(=O)OC)c1ccccc1COc1ccc(C=NOCc2ccc(C)cc2)cc1C. The van der Waals surface area contributed by atoms with Crippen LogP contribution >= 0.6 is 0 Å². The third-order valence-corrected chi connectivity index (χ3v) is 5.16. The smallest absolute Gasteiger partial charge is 0.341 e. The summed E-state index contributed by atoms with van der Waals surface area (Å²) in [7, 11) is 2.83. The van der Waals surface area contributed by atoms with E-state index in [1.54, 1.807) is 6.21 Å². The molecule has 0 atom stereocenters. The van der Waals surface area contributed by atoms with Gasteiger partial charge in [-0.25, -0.2) is 4.79 Å². The van der Waals surface area contributed by atoms with Crippen LogP contribution in [0.25, 0.3) is 5.57 Å². The Bertz CT molecular complexity index is 1170. The predicted molar refractivity (Wildman–Crippen MR) is 133 cm³/mol. The van der Waals surface area contributed by atoms with E-state index in [1.165, 1.54) is 26.0 Å². The molecule has 6 nitrogen and oxygen atoms in total. The first kappa shape index (κ1) is 24.6. The van der Waals surface area contributed by atoms with Gasteiger partial charge in [-0.1, -0.05) is 59.3 Å². The summed E-state index contributed by atoms with van der Waals surface area (Å²) in [6.45, 7) is 4.72. The second kappa shape index (κ2) is 12.3. The van der Waals surface area contributed by atoms with E-state index in [0.29, 0.717) is 17.7 Å². The van der Waals surface area contributed by atoms with Gasteiger partial charge in [0, 0.05) is 0 Å². The molecule has 0 amide bonds. The van der Waals surface area contributed by atoms with Crippen LogP contribution in [0.3, 0.4) is 0 Å². The van der Waals surface area contributed by atoms with Crippen molar-refractivity contribution in [2.45, 2.75) is 27.1 Å². The van der Waals surface area contributed by atoms with E-state index >= 15 is 0 Å². The lowest BCUT2D eigenvalue weighted by Gasteiger charge is -2.14. The molecule has 0 N–H and O–H groups in total. The molecule has 3 aromatic carbocycles. The van der Waals surface area contributed by atoms with Gasteiger partial charge in [0.1, 0.15) is 24.5 Å². The lowest BCUT2D eigenvalue weighted by molar-refractivity contribution is -0.133. The highest BCUT2D eigenvalue weighted by molar-refractivity contribution is 6.16. The van der Waals surface area contributed by atoms with Gasteiger partial charge in [0.15, 0.2) is 0 Å². The maximum atomic E-state index is 12.2. The third-order valence-electron chi connectivity index (χ3n) is 5.16. The molecule has 0 bridgehead atoms. The summed E-state index contributed by atoms with van der Waals surface area (Å²) in [5, 5.41) is 4.07. The number of benzene rings is 3. The quantitative estimate of drug-likeness (QED) is 0.130. The van der Waals surface area contributed by atoms with Gasteiger partial charge in [-0.3, -0.25) is 0 Å². The standard InChI is InChI=1S/C28H29NO5/c1-20-9-11-22(12-10-20)17-34-29-16-23-13-14-27(21(2)15-23)33-18-24-7-5-6-8-25(24)26(19-31-3)28(30)32-4/h5-16,19H,17-18H2,1-4H3. The number of ether oxygens (including phenoxy) is 3. The Morgan fingerprint density at radius 1 is 0.941 bits per heavy atom. The first-order valence-electron chi connectivity index (χ1n) is 10.9. The molecule has 0 aromatic heterocycles. The first-order chi connectivity index (χ1) is 16.5. The number of aryl methyl sites for hydroxylation is 2. The van der Waals surface area contributed by atoms with E-state index in [0.717, 1.165) is 28.0 Å². The molecule has 0 fully saturated rings. The van der Waals surface area contributed by atoms with Gasteiger partial charge in [0.2, 0.25) is 0 Å². The molecular formula is C28H29NO5. The van der Waals surface area contributed by atoms with Crippen molar-refractivity contribution in [3.05, 3.63) is 106 Å². The van der Waals surface area contributed by atoms with Crippen molar-refractivity contribution in [3.8, 4) is 5.75 Å². The van der Waals surface area contributed by atoms with Crippen molar-refractivity contribution in [3.63, 3.8) is 0 Å². The van der Waals surface area contributed by atoms with Crippen molar-refractivity contribution < 1.29 is 23.8 Å². The molecule has 0 aliphatic rings. The predicted octanol–water partition coefficient (Wildman–Crippen LogP) is 5.59. The highest BCUT2D eigenvalue weighted by atomic mass is 16.6. The van der Waals surface area contributed by atoms with Crippen molar-refractivity contribution in [1.82, 2.24) is 0 Å². The molecule has 3 aromatic rings. The van der Waals surface area contributed by atoms with Gasteiger partial charge in [0.25, 0.3) is 0 Å². The summed E-state index contributed by atoms with van der Waals surface area (Å²) >= 11 is 0. The van der Waals surface area contributed by atoms with Crippen molar-refractivity contribution in [2.75, 3.05) is 14.2 Å². The highest BCUT2D eigenvalue weighted by Gasteiger charge is 2.17. The van der Waals surface area contributed by atoms with Crippen LogP contribution in [0.5, 0.6) is 5.75 Å². The van der Waals surface area contributed by atoms with Crippen LogP contribution < -0.4 is 4.74 Å². The van der Waals surface area contributed by atoms with Crippen molar-refractivity contribution >= 4 is 17.8 Å². The fourth-order valence-electron chi connectivity index (χ4n) is 3.32. The molecule has 0 saturated carbocycles. The highest BCUT2D eigenvalue weighted by Crippen LogP contribution is 2.24. The number of hydrogen-bond acceptors (Lipinski definition) is 6. The number of methoxy groups -OCH3 is 2. The van der Waals surface area contributed by atoms with Gasteiger partial charge in [0.05, 0.1) is 26.7 Å². The topological polar surface area (TPSA) is 66.4 Å². The monoisotopic (exact) mass is 459 g/mol. The number of esters is 1. The fraction of sp³-hybridized carbons (Fsp3) is 0.214. The van der Waals surface area contributed by atoms with Crippen LogP contribution in [0.2, 0.25) is 0 Å². The average molecular weight is 460 g/mol. The van der Waals surface area contributed by atoms with Gasteiger partial charge in [-0.2, -0.15) is 0 Å². The summed E-state index contributed by atoms with van der Waals surface area (Å²) in [5.41, 5.74) is 6.01. The lowest BCUT2D eigenvalue weighted by atomic mass is 10.0. The Morgan fingerprint density at radius 2 is 1.71 bits per heavy atom. The average Bonchev–Trinajstić information content (AvgIpc) is 2.85. The van der Waals surface area contributed by atoms with E-state index in [1.807, 2.05) is 73.7 Å². The van der Waals surface area contributed by atoms with Crippen LogP contribution in [0.4, 0.5) is 0 Å². The minimum absolute atomic E-state index is 0.280. The van der Waals surface area contributed by atoms with Crippen LogP contribution in [0.1, 0.15) is 33.4 Å². The Kier molecular flexibility index (Phi) is 8.86. The molecule has 0 saturated heterocycles. The molecule has 0 radical (unpaired) electrons. The van der Waals surface area contributed by atoms with E-state index in [9.17, 15) is 4.79 Å². The number of carbonyl (C=O) groups is 1. The normalized spacial score (nSPS) is 11.4. The number of nitrogens with zero attached hydrogens (tertiary/aromatic N) is 1. The molecule has 0 heterocycles. The van der Waals surface area contributed by atoms with E-state index < -0.39 is 5.97 Å². The molecule has 176 valence electrons. The summed E-state index contributed by atoms with van der Waals surface area (Å²) < 4.78 is 16.0. The van der Waals surface area contributed by atoms with Crippen molar-refractivity contribution in [2.24, 2.45) is 5.16 Å². The van der Waals surface area contributed by atoms with Gasteiger partial charge >= 0.3 is 5.97 Å². The summed E-state index contributed by atoms with van der Waals surface area (Å²) in [6, 6.07) is 21.4. The van der Waals surface area contributed by atoms with E-state index in [4.69, 9.17) is 19.0 Å². The van der Waals surface area contributed by atoms with Gasteiger partial charge in [-0.15, -0.1) is 0 Å². The molecule has 0 aliphatic heterocycles. The molecule has 0 unspecified atom stereocenters. The molecule has 0 spiro atoms. The Labute approximate surface area is 200 Å². The van der Waals surface area contributed by atoms with E-state index in [2.05, 4.69) is 12.1 Å². The minimum Gasteiger partial charge on any atom is -0.503 e. The lowest BCUT2D eigenvalue weighted by Crippen LogP contribution is -2.08. The maximum absolute atomic E-state index is 12.2. The maximum Gasteiger partial charge on any atom is 0.341 e. The molecule has 34 heavy (non-hydrogen) atoms. The van der Waals surface area contributed by atoms with Crippen LogP contribution in [-0.4, -0.2) is 26.4 Å². The Morgan fingerprint density at radius 3 is 2.41 bits per heavy atom. The number of oxime groups is 1. The first-order valence-corrected chi connectivity index (χ1v) is 10.9. The third kappa shape index (κ3) is 6.72. The summed E-state index contributed by atoms with van der Waals surface area (Å²) in [4.78, 5) is 17.6.